The molecule has 0 saturated carbocycles. The molecule has 0 aliphatic rings. The summed E-state index contributed by atoms with van der Waals surface area (Å²) in [6.07, 6.45) is 0. The van der Waals surface area contributed by atoms with Crippen LogP contribution in [0.15, 0.2) is 0 Å². The molecule has 0 aliphatic heterocycles. The second-order valence-corrected chi connectivity index (χ2v) is 1.34. The zero-order valence-corrected chi connectivity index (χ0v) is 7.39. The molecule has 0 amide bonds. The maximum atomic E-state index is 8.74. The molecule has 0 fully saturated rings. The Morgan fingerprint density at radius 1 is 0.750 bits per heavy atom. The zero-order valence-electron chi connectivity index (χ0n) is 5.63. The third-order valence-electron chi connectivity index (χ3n) is 0. The molecule has 0 spiro atoms. The van der Waals surface area contributed by atoms with Crippen molar-refractivity contribution in [3.05, 3.63) is 0 Å². The summed E-state index contributed by atoms with van der Waals surface area (Å²) in [5.74, 6) is 0. The fraction of sp³-hybridized carbons (Fsp3) is 0. The first-order valence-electron chi connectivity index (χ1n) is 0.698. The number of rotatable bonds is 0. The average molecular weight is 269 g/mol. The summed E-state index contributed by atoms with van der Waals surface area (Å²) >= 11 is 0. The first-order chi connectivity index (χ1) is 2.00. The van der Waals surface area contributed by atoms with E-state index in [9.17, 15) is 0 Å². The second kappa shape index (κ2) is 30.4. The number of hydrogen-bond acceptors (Lipinski definition) is 3. The van der Waals surface area contributed by atoms with Crippen LogP contribution in [0.4, 0.5) is 0 Å². The van der Waals surface area contributed by atoms with Gasteiger partial charge >= 0.3 is 10.4 Å². The molecule has 15 N–H and O–H groups in total. The summed E-state index contributed by atoms with van der Waals surface area (Å²) in [5.41, 5.74) is 0. The van der Waals surface area contributed by atoms with E-state index in [2.05, 4.69) is 0 Å². The van der Waals surface area contributed by atoms with Crippen LogP contribution in [0.25, 0.3) is 0 Å². The molecule has 12 heteroatoms. The fourth-order valence-electron chi connectivity index (χ4n) is 0. The molecular formula is H15CuNO9S. The largest absolute Gasteiger partial charge is 0.412 e. The number of hydrogen-bond donors (Lipinski definition) is 3. The SMILES string of the molecule is N.O.O.O.O.O.O=S(=O)(O)O.[Cu]. The summed E-state index contributed by atoms with van der Waals surface area (Å²) < 4.78 is 31.6. The Balaban J connectivity index is -0.00000000381. The van der Waals surface area contributed by atoms with E-state index < -0.39 is 10.4 Å². The Labute approximate surface area is 79.1 Å². The minimum absolute atomic E-state index is 0. The second-order valence-electron chi connectivity index (χ2n) is 0.448. The van der Waals surface area contributed by atoms with Gasteiger partial charge in [-0.3, -0.25) is 9.11 Å². The third kappa shape index (κ3) is 38000. The first-order valence-corrected chi connectivity index (χ1v) is 2.10. The van der Waals surface area contributed by atoms with Crippen LogP contribution in [-0.2, 0) is 27.5 Å². The van der Waals surface area contributed by atoms with Gasteiger partial charge in [0.25, 0.3) is 0 Å². The van der Waals surface area contributed by atoms with Gasteiger partial charge in [-0.05, 0) is 0 Å². The van der Waals surface area contributed by atoms with Gasteiger partial charge in [-0.2, -0.15) is 8.42 Å². The summed E-state index contributed by atoms with van der Waals surface area (Å²) in [6.45, 7) is 0. The van der Waals surface area contributed by atoms with Crippen molar-refractivity contribution < 1.29 is 62.0 Å². The van der Waals surface area contributed by atoms with E-state index in [-0.39, 0.29) is 50.6 Å². The van der Waals surface area contributed by atoms with Crippen LogP contribution in [-0.4, -0.2) is 44.9 Å². The Morgan fingerprint density at radius 3 is 0.750 bits per heavy atom. The van der Waals surface area contributed by atoms with Crippen LogP contribution in [0.2, 0.25) is 0 Å². The summed E-state index contributed by atoms with van der Waals surface area (Å²) in [5, 5.41) is 0. The predicted molar refractivity (Wildman–Crippen MR) is 37.3 cm³/mol. The van der Waals surface area contributed by atoms with Gasteiger partial charge in [0.15, 0.2) is 0 Å². The summed E-state index contributed by atoms with van der Waals surface area (Å²) in [6, 6.07) is 0. The van der Waals surface area contributed by atoms with Gasteiger partial charge in [-0.15, -0.1) is 0 Å². The smallest absolute Gasteiger partial charge is 0.394 e. The van der Waals surface area contributed by atoms with Crippen LogP contribution >= 0.6 is 0 Å². The molecule has 0 unspecified atom stereocenters. The molecule has 91 valence electrons. The fourth-order valence-corrected chi connectivity index (χ4v) is 0. The van der Waals surface area contributed by atoms with Crippen LogP contribution in [0.1, 0.15) is 0 Å². The molecule has 0 aromatic rings. The van der Waals surface area contributed by atoms with Gasteiger partial charge in [-0.1, -0.05) is 0 Å². The molecule has 12 heavy (non-hydrogen) atoms. The molecule has 0 heterocycles. The zero-order chi connectivity index (χ0) is 4.50. The van der Waals surface area contributed by atoms with Crippen molar-refractivity contribution in [1.29, 1.82) is 0 Å². The van der Waals surface area contributed by atoms with Gasteiger partial charge in [0.05, 0.1) is 0 Å². The van der Waals surface area contributed by atoms with E-state index in [1.807, 2.05) is 0 Å². The van der Waals surface area contributed by atoms with E-state index in [0.29, 0.717) is 0 Å². The molecule has 0 aromatic heterocycles. The molecule has 0 saturated heterocycles. The Morgan fingerprint density at radius 2 is 0.750 bits per heavy atom. The minimum Gasteiger partial charge on any atom is -0.412 e. The molecule has 10 nitrogen and oxygen atoms in total. The van der Waals surface area contributed by atoms with Gasteiger partial charge in [0.1, 0.15) is 0 Å². The van der Waals surface area contributed by atoms with Crippen molar-refractivity contribution in [2.24, 2.45) is 0 Å². The standard InChI is InChI=1S/Cu.H3N.H2O4S.5H2O/c;;1-5(2,3)4;;;;;/h;1H3;(H2,1,2,3,4);5*1H2. The maximum absolute atomic E-state index is 8.74. The summed E-state index contributed by atoms with van der Waals surface area (Å²) in [7, 11) is -4.67. The summed E-state index contributed by atoms with van der Waals surface area (Å²) in [4.78, 5) is 0. The predicted octanol–water partition coefficient (Wildman–Crippen LogP) is -4.62. The van der Waals surface area contributed by atoms with Crippen molar-refractivity contribution >= 4 is 10.4 Å². The normalized spacial score (nSPS) is 4.83. The minimum atomic E-state index is -4.67. The van der Waals surface area contributed by atoms with Crippen LogP contribution in [0, 0.1) is 0 Å². The molecule has 0 aliphatic carbocycles. The molecule has 0 bridgehead atoms. The third-order valence-corrected chi connectivity index (χ3v) is 0. The van der Waals surface area contributed by atoms with Crippen LogP contribution < -0.4 is 6.15 Å². The van der Waals surface area contributed by atoms with Gasteiger partial charge in [-0.25, -0.2) is 0 Å². The van der Waals surface area contributed by atoms with Gasteiger partial charge in [0, 0.05) is 17.1 Å². The molecule has 0 aromatic carbocycles. The van der Waals surface area contributed by atoms with Crippen molar-refractivity contribution in [2.75, 3.05) is 0 Å². The van der Waals surface area contributed by atoms with Crippen LogP contribution in [0.3, 0.4) is 0 Å². The van der Waals surface area contributed by atoms with Crippen molar-refractivity contribution in [1.82, 2.24) is 6.15 Å². The molecule has 0 atom stereocenters. The van der Waals surface area contributed by atoms with Gasteiger partial charge in [0.2, 0.25) is 0 Å². The van der Waals surface area contributed by atoms with E-state index >= 15 is 0 Å². The van der Waals surface area contributed by atoms with E-state index in [1.54, 1.807) is 0 Å². The Kier molecular flexibility index (Phi) is 222. The van der Waals surface area contributed by atoms with E-state index in [4.69, 9.17) is 17.5 Å². The van der Waals surface area contributed by atoms with E-state index in [1.165, 1.54) is 0 Å². The van der Waals surface area contributed by atoms with E-state index in [0.717, 1.165) is 0 Å². The molecular weight excluding hydrogens is 254 g/mol. The van der Waals surface area contributed by atoms with Gasteiger partial charge < -0.3 is 33.5 Å². The topological polar surface area (TPSA) is 267 Å². The Bertz CT molecular complexity index is 97.7. The van der Waals surface area contributed by atoms with Crippen molar-refractivity contribution in [3.63, 3.8) is 0 Å². The van der Waals surface area contributed by atoms with Crippen LogP contribution in [0.5, 0.6) is 0 Å². The Hall–Kier alpha value is 0.149. The van der Waals surface area contributed by atoms with Crippen molar-refractivity contribution in [2.45, 2.75) is 0 Å². The molecule has 0 rings (SSSR count). The maximum Gasteiger partial charge on any atom is 0.394 e. The first kappa shape index (κ1) is 87.7. The monoisotopic (exact) mass is 268 g/mol. The van der Waals surface area contributed by atoms with Crippen molar-refractivity contribution in [3.8, 4) is 0 Å². The molecule has 1 radical (unpaired) electrons. The average Bonchev–Trinajstić information content (AvgIpc) is 0.722. The quantitative estimate of drug-likeness (QED) is 0.288.